The van der Waals surface area contributed by atoms with Gasteiger partial charge in [0.1, 0.15) is 12.4 Å². The molecule has 1 atom stereocenters. The van der Waals surface area contributed by atoms with Crippen LogP contribution in [0.25, 0.3) is 0 Å². The van der Waals surface area contributed by atoms with Crippen LogP contribution in [-0.2, 0) is 13.0 Å². The van der Waals surface area contributed by atoms with E-state index in [4.69, 9.17) is 4.74 Å². The minimum atomic E-state index is -7.03. The Morgan fingerprint density at radius 3 is 2.06 bits per heavy atom. The lowest BCUT2D eigenvalue weighted by atomic mass is 9.76. The Morgan fingerprint density at radius 2 is 1.47 bits per heavy atom. The first kappa shape index (κ1) is 23.9. The average Bonchev–Trinajstić information content (AvgIpc) is 2.72. The lowest BCUT2D eigenvalue weighted by molar-refractivity contribution is -0.400. The van der Waals surface area contributed by atoms with Crippen molar-refractivity contribution < 1.29 is 49.0 Å². The smallest absolute Gasteiger partial charge is 0.460 e. The van der Waals surface area contributed by atoms with Crippen molar-refractivity contribution in [2.75, 3.05) is 0 Å². The first-order chi connectivity index (χ1) is 14.7. The van der Waals surface area contributed by atoms with E-state index in [1.807, 2.05) is 0 Å². The number of hydrogen-bond acceptors (Lipinski definition) is 2. The summed E-state index contributed by atoms with van der Waals surface area (Å²) in [4.78, 5) is 12.4. The van der Waals surface area contributed by atoms with Crippen molar-refractivity contribution in [2.45, 2.75) is 43.4 Å². The Balaban J connectivity index is 1.83. The molecule has 0 fully saturated rings. The Kier molecular flexibility index (Phi) is 5.99. The van der Waals surface area contributed by atoms with E-state index in [0.29, 0.717) is 0 Å². The summed E-state index contributed by atoms with van der Waals surface area (Å²) in [7, 11) is 0. The normalized spacial score (nSPS) is 17.8. The molecular formula is C21H15F9O2. The monoisotopic (exact) mass is 470 g/mol. The summed E-state index contributed by atoms with van der Waals surface area (Å²) >= 11 is 0. The van der Waals surface area contributed by atoms with Gasteiger partial charge in [0.05, 0.1) is 5.92 Å². The van der Waals surface area contributed by atoms with Crippen molar-refractivity contribution in [3.63, 3.8) is 0 Å². The molecule has 0 saturated carbocycles. The van der Waals surface area contributed by atoms with E-state index in [1.165, 1.54) is 12.1 Å². The van der Waals surface area contributed by atoms with Gasteiger partial charge in [0.2, 0.25) is 0 Å². The number of benzene rings is 2. The number of fused-ring (bicyclic) bond motifs is 1. The molecule has 1 aliphatic rings. The second-order valence-electron chi connectivity index (χ2n) is 7.32. The maximum Gasteiger partial charge on any atom is 0.460 e. The highest BCUT2D eigenvalue weighted by atomic mass is 19.4. The third kappa shape index (κ3) is 3.93. The van der Waals surface area contributed by atoms with Crippen molar-refractivity contribution in [1.82, 2.24) is 0 Å². The molecule has 0 saturated heterocycles. The van der Waals surface area contributed by atoms with Crippen molar-refractivity contribution >= 4 is 5.78 Å². The summed E-state index contributed by atoms with van der Waals surface area (Å²) in [5.41, 5.74) is 0.478. The van der Waals surface area contributed by atoms with Gasteiger partial charge in [-0.1, -0.05) is 30.3 Å². The van der Waals surface area contributed by atoms with Crippen molar-refractivity contribution in [3.8, 4) is 5.75 Å². The molecule has 0 radical (unpaired) electrons. The molecule has 0 heterocycles. The summed E-state index contributed by atoms with van der Waals surface area (Å²) in [5, 5.41) is 0. The van der Waals surface area contributed by atoms with E-state index in [-0.39, 0.29) is 17.9 Å². The Labute approximate surface area is 176 Å². The van der Waals surface area contributed by atoms with Crippen molar-refractivity contribution in [1.29, 1.82) is 0 Å². The molecule has 1 aliphatic carbocycles. The predicted octanol–water partition coefficient (Wildman–Crippen LogP) is 6.48. The number of Topliss-reactive ketones (excluding diaryl/α,β-unsaturated/α-hetero) is 1. The maximum atomic E-state index is 14.3. The molecule has 0 aliphatic heterocycles. The summed E-state index contributed by atoms with van der Waals surface area (Å²) in [6, 6.07) is 12.4. The minimum absolute atomic E-state index is 0.132. The van der Waals surface area contributed by atoms with Crippen LogP contribution >= 0.6 is 0 Å². The number of carbonyl (C=O) groups excluding carboxylic acids is 1. The van der Waals surface area contributed by atoms with Gasteiger partial charge in [0, 0.05) is 5.56 Å². The van der Waals surface area contributed by atoms with E-state index in [9.17, 15) is 44.3 Å². The van der Waals surface area contributed by atoms with E-state index in [2.05, 4.69) is 0 Å². The number of carbonyl (C=O) groups is 1. The van der Waals surface area contributed by atoms with Crippen LogP contribution in [0.2, 0.25) is 0 Å². The molecule has 1 unspecified atom stereocenters. The van der Waals surface area contributed by atoms with Gasteiger partial charge in [-0.25, -0.2) is 0 Å². The molecular weight excluding hydrogens is 455 g/mol. The first-order valence-corrected chi connectivity index (χ1v) is 9.24. The van der Waals surface area contributed by atoms with Gasteiger partial charge < -0.3 is 4.74 Å². The average molecular weight is 470 g/mol. The largest absolute Gasteiger partial charge is 0.489 e. The molecule has 2 aromatic rings. The lowest BCUT2D eigenvalue weighted by Gasteiger charge is -2.38. The number of alkyl halides is 9. The van der Waals surface area contributed by atoms with Crippen LogP contribution in [0.5, 0.6) is 5.75 Å². The Morgan fingerprint density at radius 1 is 0.844 bits per heavy atom. The summed E-state index contributed by atoms with van der Waals surface area (Å²) in [6.45, 7) is 0.132. The highest BCUT2D eigenvalue weighted by molar-refractivity contribution is 6.01. The Bertz CT molecular complexity index is 985. The first-order valence-electron chi connectivity index (χ1n) is 9.24. The van der Waals surface area contributed by atoms with Crippen LogP contribution in [0, 0.1) is 5.92 Å². The molecule has 2 nitrogen and oxygen atoms in total. The molecule has 32 heavy (non-hydrogen) atoms. The predicted molar refractivity (Wildman–Crippen MR) is 94.3 cm³/mol. The summed E-state index contributed by atoms with van der Waals surface area (Å²) in [5.74, 6) is -24.2. The second kappa shape index (κ2) is 8.00. The highest BCUT2D eigenvalue weighted by Crippen LogP contribution is 2.56. The van der Waals surface area contributed by atoms with E-state index < -0.39 is 54.1 Å². The zero-order chi connectivity index (χ0) is 23.9. The standard InChI is InChI=1S/C21H15F9O2/c22-18(23,19(24,25)20(26,27)21(28,29)30)16-9-6-13-10-14(7-8-15(13)17(16)31)32-11-12-4-2-1-3-5-12/h1-5,7-8,10,16H,6,9,11H2. The molecule has 2 aromatic carbocycles. The molecule has 0 spiro atoms. The summed E-state index contributed by atoms with van der Waals surface area (Å²) < 4.78 is 125. The molecule has 11 heteroatoms. The fourth-order valence-electron chi connectivity index (χ4n) is 3.42. The minimum Gasteiger partial charge on any atom is -0.489 e. The van der Waals surface area contributed by atoms with Crippen LogP contribution in [0.4, 0.5) is 39.5 Å². The van der Waals surface area contributed by atoms with Gasteiger partial charge in [-0.05, 0) is 42.2 Å². The third-order valence-electron chi connectivity index (χ3n) is 5.22. The zero-order valence-corrected chi connectivity index (χ0v) is 16.0. The highest BCUT2D eigenvalue weighted by Gasteiger charge is 2.83. The second-order valence-corrected chi connectivity index (χ2v) is 7.32. The quantitative estimate of drug-likeness (QED) is 0.452. The molecule has 0 aromatic heterocycles. The van der Waals surface area contributed by atoms with Gasteiger partial charge in [-0.15, -0.1) is 0 Å². The fourth-order valence-corrected chi connectivity index (χ4v) is 3.42. The van der Waals surface area contributed by atoms with E-state index in [0.717, 1.165) is 11.6 Å². The molecule has 0 N–H and O–H groups in total. The van der Waals surface area contributed by atoms with Crippen molar-refractivity contribution in [2.24, 2.45) is 5.92 Å². The summed E-state index contributed by atoms with van der Waals surface area (Å²) in [6.07, 6.45) is -8.39. The number of ketones is 1. The van der Waals surface area contributed by atoms with Crippen molar-refractivity contribution in [3.05, 3.63) is 65.2 Å². The van der Waals surface area contributed by atoms with E-state index in [1.54, 1.807) is 30.3 Å². The van der Waals surface area contributed by atoms with Crippen LogP contribution in [0.1, 0.15) is 27.9 Å². The van der Waals surface area contributed by atoms with E-state index >= 15 is 0 Å². The molecule has 3 rings (SSSR count). The van der Waals surface area contributed by atoms with Gasteiger partial charge in [-0.3, -0.25) is 4.79 Å². The number of hydrogen-bond donors (Lipinski definition) is 0. The fraction of sp³-hybridized carbons (Fsp3) is 0.381. The van der Waals surface area contributed by atoms with Crippen LogP contribution < -0.4 is 4.74 Å². The van der Waals surface area contributed by atoms with Gasteiger partial charge in [0.15, 0.2) is 5.78 Å². The zero-order valence-electron chi connectivity index (χ0n) is 16.0. The topological polar surface area (TPSA) is 26.3 Å². The van der Waals surface area contributed by atoms with Crippen LogP contribution in [0.15, 0.2) is 48.5 Å². The van der Waals surface area contributed by atoms with Gasteiger partial charge in [-0.2, -0.15) is 39.5 Å². The number of rotatable bonds is 6. The lowest BCUT2D eigenvalue weighted by Crippen LogP contribution is -2.64. The molecule has 0 amide bonds. The molecule has 0 bridgehead atoms. The number of halogens is 9. The third-order valence-corrected chi connectivity index (χ3v) is 5.22. The SMILES string of the molecule is O=C1c2ccc(OCc3ccccc3)cc2CCC1C(F)(F)C(F)(F)C(F)(F)C(F)(F)F. The van der Waals surface area contributed by atoms with Crippen LogP contribution in [0.3, 0.4) is 0 Å². The van der Waals surface area contributed by atoms with Gasteiger partial charge >= 0.3 is 23.9 Å². The molecule has 174 valence electrons. The maximum absolute atomic E-state index is 14.3. The Hall–Kier alpha value is -2.72. The van der Waals surface area contributed by atoms with Crippen LogP contribution in [-0.4, -0.2) is 29.7 Å². The van der Waals surface area contributed by atoms with Gasteiger partial charge in [0.25, 0.3) is 0 Å². The number of ether oxygens (including phenoxy) is 1. The number of aryl methyl sites for hydroxylation is 1.